The first-order chi connectivity index (χ1) is 14.4. The second-order valence-electron chi connectivity index (χ2n) is 10.5. The number of aryl methyl sites for hydroxylation is 1. The lowest BCUT2D eigenvalue weighted by atomic mass is 9.53. The van der Waals surface area contributed by atoms with E-state index in [1.54, 1.807) is 39.0 Å². The molecule has 1 aromatic carbocycles. The van der Waals surface area contributed by atoms with E-state index in [1.807, 2.05) is 11.8 Å². The largest absolute Gasteiger partial charge is 0.353 e. The van der Waals surface area contributed by atoms with Crippen LogP contribution in [-0.2, 0) is 14.8 Å². The van der Waals surface area contributed by atoms with Crippen molar-refractivity contribution in [3.63, 3.8) is 0 Å². The zero-order valence-corrected chi connectivity index (χ0v) is 21.1. The van der Waals surface area contributed by atoms with Gasteiger partial charge < -0.3 is 5.32 Å². The van der Waals surface area contributed by atoms with Crippen molar-refractivity contribution in [2.75, 3.05) is 6.26 Å². The first-order valence-corrected chi connectivity index (χ1v) is 14.2. The molecule has 0 radical (unpaired) electrons. The lowest BCUT2D eigenvalue weighted by Gasteiger charge is -2.59. The van der Waals surface area contributed by atoms with Crippen LogP contribution in [0.2, 0.25) is 5.02 Å². The van der Waals surface area contributed by atoms with Crippen molar-refractivity contribution in [1.29, 1.82) is 0 Å². The van der Waals surface area contributed by atoms with E-state index in [0.29, 0.717) is 22.1 Å². The van der Waals surface area contributed by atoms with Gasteiger partial charge in [0.25, 0.3) is 0 Å². The van der Waals surface area contributed by atoms with Crippen LogP contribution in [-0.4, -0.2) is 36.9 Å². The van der Waals surface area contributed by atoms with Gasteiger partial charge in [0, 0.05) is 22.7 Å². The zero-order chi connectivity index (χ0) is 22.6. The summed E-state index contributed by atoms with van der Waals surface area (Å²) in [5.74, 6) is 1.82. The van der Waals surface area contributed by atoms with Gasteiger partial charge in [0.05, 0.1) is 5.02 Å². The summed E-state index contributed by atoms with van der Waals surface area (Å²) in [5, 5.41) is 3.48. The highest BCUT2D eigenvalue weighted by Crippen LogP contribution is 2.60. The second-order valence-corrected chi connectivity index (χ2v) is 13.8. The Morgan fingerprint density at radius 2 is 1.87 bits per heavy atom. The van der Waals surface area contributed by atoms with Crippen LogP contribution in [0.5, 0.6) is 0 Å². The monoisotopic (exact) mass is 484 g/mol. The summed E-state index contributed by atoms with van der Waals surface area (Å²) in [4.78, 5) is 13.1. The number of sulfonamides is 1. The normalized spacial score (nSPS) is 32.3. The average molecular weight is 485 g/mol. The molecule has 4 aliphatic carbocycles. The molecule has 4 aliphatic rings. The van der Waals surface area contributed by atoms with E-state index < -0.39 is 15.6 Å². The summed E-state index contributed by atoms with van der Waals surface area (Å²) in [6.45, 7) is 5.21. The lowest BCUT2D eigenvalue weighted by Crippen LogP contribution is -2.61. The number of carbonyl (C=O) groups excluding carboxylic acids is 1. The van der Waals surface area contributed by atoms with Crippen LogP contribution >= 0.6 is 23.4 Å². The van der Waals surface area contributed by atoms with Crippen molar-refractivity contribution < 1.29 is 13.2 Å². The van der Waals surface area contributed by atoms with Crippen LogP contribution in [0.1, 0.15) is 57.9 Å². The highest BCUT2D eigenvalue weighted by atomic mass is 35.5. The number of thioether (sulfide) groups is 1. The van der Waals surface area contributed by atoms with Gasteiger partial charge in [-0.05, 0) is 88.5 Å². The van der Waals surface area contributed by atoms with Crippen molar-refractivity contribution in [2.45, 2.75) is 80.5 Å². The summed E-state index contributed by atoms with van der Waals surface area (Å²) < 4.78 is 29.1. The molecule has 0 spiro atoms. The highest BCUT2D eigenvalue weighted by Gasteiger charge is 2.55. The Labute approximate surface area is 195 Å². The molecule has 5 nitrogen and oxygen atoms in total. The van der Waals surface area contributed by atoms with Gasteiger partial charge in [0.1, 0.15) is 4.90 Å². The molecule has 172 valence electrons. The van der Waals surface area contributed by atoms with Gasteiger partial charge in [0.15, 0.2) is 0 Å². The summed E-state index contributed by atoms with van der Waals surface area (Å²) in [7, 11) is -3.85. The van der Waals surface area contributed by atoms with Crippen LogP contribution in [0.15, 0.2) is 23.1 Å². The Bertz CT molecular complexity index is 943. The minimum atomic E-state index is -3.85. The maximum Gasteiger partial charge on any atom is 0.242 e. The molecule has 2 unspecified atom stereocenters. The summed E-state index contributed by atoms with van der Waals surface area (Å²) in [6.07, 6.45) is 8.45. The standard InChI is InChI=1S/C23H33ClN2O3S2/c1-14-6-5-7-18(24)21(14)31(28,29)26-22(2,3)13-19(27)25-20-16-8-15-9-17(20)12-23(10-15,11-16)30-4/h5-7,15-17,20,26H,8-13H2,1-4H3,(H,25,27). The topological polar surface area (TPSA) is 75.3 Å². The molecular weight excluding hydrogens is 452 g/mol. The lowest BCUT2D eigenvalue weighted by molar-refractivity contribution is -0.125. The van der Waals surface area contributed by atoms with Crippen LogP contribution in [0.25, 0.3) is 0 Å². The number of hydrogen-bond acceptors (Lipinski definition) is 4. The number of rotatable bonds is 7. The SMILES string of the molecule is CSC12CC3CC(C1)C(NC(=O)CC(C)(C)NS(=O)(=O)c1c(C)cccc1Cl)C(C3)C2. The van der Waals surface area contributed by atoms with E-state index in [2.05, 4.69) is 16.3 Å². The maximum atomic E-state index is 13.0. The summed E-state index contributed by atoms with van der Waals surface area (Å²) >= 11 is 8.19. The number of halogens is 1. The van der Waals surface area contributed by atoms with E-state index in [4.69, 9.17) is 11.6 Å². The average Bonchev–Trinajstić information content (AvgIpc) is 2.62. The smallest absolute Gasteiger partial charge is 0.242 e. The number of nitrogens with one attached hydrogen (secondary N) is 2. The predicted octanol–water partition coefficient (Wildman–Crippen LogP) is 4.52. The van der Waals surface area contributed by atoms with E-state index in [9.17, 15) is 13.2 Å². The van der Waals surface area contributed by atoms with Gasteiger partial charge in [-0.1, -0.05) is 23.7 Å². The van der Waals surface area contributed by atoms with Gasteiger partial charge in [-0.2, -0.15) is 11.8 Å². The minimum absolute atomic E-state index is 0.0774. The Hall–Kier alpha value is -0.760. The van der Waals surface area contributed by atoms with Crippen LogP contribution in [0.4, 0.5) is 0 Å². The number of hydrogen-bond donors (Lipinski definition) is 2. The first-order valence-electron chi connectivity index (χ1n) is 11.1. The molecule has 0 heterocycles. The highest BCUT2D eigenvalue weighted by molar-refractivity contribution is 8.00. The van der Waals surface area contributed by atoms with Crippen molar-refractivity contribution in [3.05, 3.63) is 28.8 Å². The van der Waals surface area contributed by atoms with E-state index >= 15 is 0 Å². The first kappa shape index (κ1) is 23.4. The van der Waals surface area contributed by atoms with Crippen molar-refractivity contribution in [1.82, 2.24) is 10.0 Å². The van der Waals surface area contributed by atoms with E-state index in [-0.39, 0.29) is 28.3 Å². The van der Waals surface area contributed by atoms with Gasteiger partial charge in [-0.15, -0.1) is 0 Å². The third kappa shape index (κ3) is 4.66. The molecule has 0 saturated heterocycles. The maximum absolute atomic E-state index is 13.0. The molecule has 8 heteroatoms. The second kappa shape index (κ2) is 8.23. The molecule has 31 heavy (non-hydrogen) atoms. The van der Waals surface area contributed by atoms with Crippen molar-refractivity contribution >= 4 is 39.3 Å². The Morgan fingerprint density at radius 1 is 1.23 bits per heavy atom. The number of benzene rings is 1. The molecule has 0 aliphatic heterocycles. The molecule has 1 aromatic rings. The number of amides is 1. The minimum Gasteiger partial charge on any atom is -0.353 e. The van der Waals surface area contributed by atoms with Crippen molar-refractivity contribution in [2.24, 2.45) is 17.8 Å². The van der Waals surface area contributed by atoms with Crippen LogP contribution in [0.3, 0.4) is 0 Å². The van der Waals surface area contributed by atoms with Gasteiger partial charge in [-0.3, -0.25) is 4.79 Å². The zero-order valence-electron chi connectivity index (χ0n) is 18.7. The van der Waals surface area contributed by atoms with E-state index in [1.165, 1.54) is 32.1 Å². The summed E-state index contributed by atoms with van der Waals surface area (Å²) in [5.41, 5.74) is -0.349. The molecule has 2 N–H and O–H groups in total. The molecule has 4 fully saturated rings. The molecule has 2 atom stereocenters. The quantitative estimate of drug-likeness (QED) is 0.596. The molecule has 5 rings (SSSR count). The Kier molecular flexibility index (Phi) is 6.21. The fourth-order valence-electron chi connectivity index (χ4n) is 6.48. The van der Waals surface area contributed by atoms with Gasteiger partial charge in [0.2, 0.25) is 15.9 Å². The predicted molar refractivity (Wildman–Crippen MR) is 127 cm³/mol. The van der Waals surface area contributed by atoms with Crippen LogP contribution < -0.4 is 10.0 Å². The van der Waals surface area contributed by atoms with Crippen molar-refractivity contribution in [3.8, 4) is 0 Å². The van der Waals surface area contributed by atoms with E-state index in [0.717, 1.165) is 5.92 Å². The molecular formula is C23H33ClN2O3S2. The van der Waals surface area contributed by atoms with Gasteiger partial charge in [-0.25, -0.2) is 13.1 Å². The number of carbonyl (C=O) groups is 1. The fourth-order valence-corrected chi connectivity index (χ4v) is 9.89. The molecule has 4 bridgehead atoms. The molecule has 0 aromatic heterocycles. The molecule has 4 saturated carbocycles. The Balaban J connectivity index is 1.42. The summed E-state index contributed by atoms with van der Waals surface area (Å²) in [6, 6.07) is 5.23. The third-order valence-corrected chi connectivity index (χ3v) is 11.1. The molecule has 1 amide bonds. The fraction of sp³-hybridized carbons (Fsp3) is 0.696. The Morgan fingerprint density at radius 3 is 2.45 bits per heavy atom. The third-order valence-electron chi connectivity index (χ3n) is 7.42. The van der Waals surface area contributed by atoms with Gasteiger partial charge >= 0.3 is 0 Å². The van der Waals surface area contributed by atoms with Crippen LogP contribution in [0, 0.1) is 24.7 Å².